The molecule has 4 heterocycles. The molecule has 0 aromatic carbocycles. The number of carbonyl (C=O) groups excluding carboxylic acids is 1. The Hall–Kier alpha value is -0.690. The van der Waals surface area contributed by atoms with Gasteiger partial charge in [0.2, 0.25) is 12.1 Å². The molecule has 0 amide bonds. The van der Waals surface area contributed by atoms with Crippen molar-refractivity contribution in [3.05, 3.63) is 0 Å². The van der Waals surface area contributed by atoms with Crippen LogP contribution in [-0.2, 0) is 28.8 Å². The van der Waals surface area contributed by atoms with Crippen LogP contribution in [0.2, 0.25) is 0 Å². The Morgan fingerprint density at radius 1 is 1.08 bits per heavy atom. The van der Waals surface area contributed by atoms with Crippen LogP contribution < -0.4 is 0 Å². The lowest BCUT2D eigenvalue weighted by Crippen LogP contribution is -2.70. The highest BCUT2D eigenvalue weighted by Gasteiger charge is 2.69. The monoisotopic (exact) mass is 368 g/mol. The second kappa shape index (κ2) is 5.90. The van der Waals surface area contributed by atoms with Crippen molar-refractivity contribution in [1.29, 1.82) is 0 Å². The second-order valence-corrected chi connectivity index (χ2v) is 9.93. The first-order valence-corrected chi connectivity index (χ1v) is 9.98. The highest BCUT2D eigenvalue weighted by Crippen LogP contribution is 2.60. The van der Waals surface area contributed by atoms with Crippen molar-refractivity contribution in [2.75, 3.05) is 0 Å². The predicted molar refractivity (Wildman–Crippen MR) is 92.4 cm³/mol. The van der Waals surface area contributed by atoms with Crippen LogP contribution in [0.15, 0.2) is 0 Å². The van der Waals surface area contributed by atoms with E-state index >= 15 is 0 Å². The maximum Gasteiger partial charge on any atom is 0.313 e. The summed E-state index contributed by atoms with van der Waals surface area (Å²) >= 11 is 0. The molecular formula is C20H32O6. The molecule has 1 saturated carbocycles. The smallest absolute Gasteiger partial charge is 0.313 e. The Labute approximate surface area is 155 Å². The lowest BCUT2D eigenvalue weighted by atomic mass is 9.58. The molecule has 8 unspecified atom stereocenters. The van der Waals surface area contributed by atoms with Crippen molar-refractivity contribution in [3.63, 3.8) is 0 Å². The molecule has 1 spiro atoms. The van der Waals surface area contributed by atoms with E-state index in [-0.39, 0.29) is 17.8 Å². The maximum absolute atomic E-state index is 12.5. The molecular weight excluding hydrogens is 336 g/mol. The highest BCUT2D eigenvalue weighted by molar-refractivity contribution is 5.75. The fraction of sp³-hybridized carbons (Fsp3) is 0.950. The average molecular weight is 368 g/mol. The quantitative estimate of drug-likeness (QED) is 0.518. The Kier molecular flexibility index (Phi) is 4.24. The Balaban J connectivity index is 1.67. The zero-order valence-electron chi connectivity index (χ0n) is 16.7. The number of hydrogen-bond acceptors (Lipinski definition) is 6. The predicted octanol–water partition coefficient (Wildman–Crippen LogP) is 3.78. The number of esters is 1. The molecule has 5 aliphatic rings. The maximum atomic E-state index is 12.5. The molecule has 1 aliphatic carbocycles. The summed E-state index contributed by atoms with van der Waals surface area (Å²) in [7, 11) is 0. The van der Waals surface area contributed by atoms with E-state index in [1.54, 1.807) is 0 Å². The minimum absolute atomic E-state index is 0.0159. The van der Waals surface area contributed by atoms with Crippen LogP contribution in [0, 0.1) is 29.1 Å². The summed E-state index contributed by atoms with van der Waals surface area (Å²) in [4.78, 5) is 24.3. The molecule has 2 bridgehead atoms. The van der Waals surface area contributed by atoms with E-state index in [1.165, 1.54) is 0 Å². The summed E-state index contributed by atoms with van der Waals surface area (Å²) in [5.74, 6) is -0.0436. The molecule has 0 aromatic heterocycles. The van der Waals surface area contributed by atoms with Crippen LogP contribution in [0.3, 0.4) is 0 Å². The zero-order chi connectivity index (χ0) is 18.9. The van der Waals surface area contributed by atoms with Crippen LogP contribution in [0.1, 0.15) is 67.2 Å². The van der Waals surface area contributed by atoms with Gasteiger partial charge in [0.05, 0.1) is 5.41 Å². The lowest BCUT2D eigenvalue weighted by molar-refractivity contribution is -0.576. The number of fused-ring (bicyclic) bond motifs is 2. The van der Waals surface area contributed by atoms with Crippen molar-refractivity contribution in [3.8, 4) is 0 Å². The highest BCUT2D eigenvalue weighted by atomic mass is 17.3. The van der Waals surface area contributed by atoms with Gasteiger partial charge in [-0.3, -0.25) is 4.79 Å². The summed E-state index contributed by atoms with van der Waals surface area (Å²) < 4.78 is 18.3. The third-order valence-electron chi connectivity index (χ3n) is 6.93. The first kappa shape index (κ1) is 18.7. The van der Waals surface area contributed by atoms with E-state index in [9.17, 15) is 4.79 Å². The van der Waals surface area contributed by atoms with Crippen LogP contribution in [0.5, 0.6) is 0 Å². The van der Waals surface area contributed by atoms with E-state index in [4.69, 9.17) is 24.0 Å². The van der Waals surface area contributed by atoms with Gasteiger partial charge in [0.15, 0.2) is 11.9 Å². The number of rotatable bonds is 1. The fourth-order valence-electron chi connectivity index (χ4n) is 5.29. The van der Waals surface area contributed by atoms with Crippen LogP contribution in [-0.4, -0.2) is 29.9 Å². The van der Waals surface area contributed by atoms with Crippen molar-refractivity contribution < 1.29 is 28.8 Å². The van der Waals surface area contributed by atoms with Crippen molar-refractivity contribution in [2.24, 2.45) is 29.1 Å². The third kappa shape index (κ3) is 2.64. The van der Waals surface area contributed by atoms with Crippen molar-refractivity contribution in [2.45, 2.75) is 91.2 Å². The van der Waals surface area contributed by atoms with E-state index in [1.807, 2.05) is 27.7 Å². The van der Waals surface area contributed by atoms with E-state index in [0.29, 0.717) is 11.8 Å². The standard InChI is InChI=1S/C20H32O6/c1-11-7-8-14-12(2)15(22-16(21)18(3,4)5)23-17-20(14)13(11)9-10-19(6,24-17)25-26-20/h11-15,17H,7-10H2,1-6H3. The molecule has 0 radical (unpaired) electrons. The molecule has 4 aliphatic heterocycles. The SMILES string of the molecule is CC1CCC2C(C)C(OC(=O)C(C)(C)C)OC3OC4(C)CCC1C32OO4. The molecule has 0 N–H and O–H groups in total. The number of ether oxygens (including phenoxy) is 3. The molecule has 8 atom stereocenters. The minimum atomic E-state index is -0.809. The third-order valence-corrected chi connectivity index (χ3v) is 6.93. The summed E-state index contributed by atoms with van der Waals surface area (Å²) in [6.45, 7) is 11.8. The van der Waals surface area contributed by atoms with Crippen LogP contribution in [0.25, 0.3) is 0 Å². The van der Waals surface area contributed by atoms with Crippen LogP contribution in [0.4, 0.5) is 0 Å². The second-order valence-electron chi connectivity index (χ2n) is 9.93. The molecule has 5 rings (SSSR count). The van der Waals surface area contributed by atoms with Gasteiger partial charge in [-0.05, 0) is 58.8 Å². The van der Waals surface area contributed by atoms with Crippen LogP contribution >= 0.6 is 0 Å². The normalized spacial score (nSPS) is 50.7. The van der Waals surface area contributed by atoms with Crippen molar-refractivity contribution >= 4 is 5.97 Å². The average Bonchev–Trinajstić information content (AvgIpc) is 2.77. The Morgan fingerprint density at radius 3 is 2.50 bits per heavy atom. The Morgan fingerprint density at radius 2 is 1.81 bits per heavy atom. The van der Waals surface area contributed by atoms with Gasteiger partial charge in [-0.25, -0.2) is 9.78 Å². The van der Waals surface area contributed by atoms with Crippen molar-refractivity contribution in [1.82, 2.24) is 0 Å². The number of carbonyl (C=O) groups is 1. The zero-order valence-corrected chi connectivity index (χ0v) is 16.7. The fourth-order valence-corrected chi connectivity index (χ4v) is 5.29. The summed E-state index contributed by atoms with van der Waals surface area (Å²) in [5, 5.41) is 0. The molecule has 0 aromatic rings. The van der Waals surface area contributed by atoms with Gasteiger partial charge in [0.1, 0.15) is 0 Å². The summed E-state index contributed by atoms with van der Waals surface area (Å²) in [6.07, 6.45) is 2.70. The molecule has 148 valence electrons. The molecule has 5 fully saturated rings. The first-order chi connectivity index (χ1) is 12.1. The molecule has 6 nitrogen and oxygen atoms in total. The van der Waals surface area contributed by atoms with Gasteiger partial charge in [-0.15, -0.1) is 0 Å². The minimum Gasteiger partial charge on any atom is -0.435 e. The largest absolute Gasteiger partial charge is 0.435 e. The number of hydrogen-bond donors (Lipinski definition) is 0. The molecule has 4 saturated heterocycles. The lowest BCUT2D eigenvalue weighted by Gasteiger charge is -2.60. The van der Waals surface area contributed by atoms with Gasteiger partial charge < -0.3 is 14.2 Å². The van der Waals surface area contributed by atoms with E-state index in [0.717, 1.165) is 25.7 Å². The first-order valence-electron chi connectivity index (χ1n) is 9.98. The van der Waals surface area contributed by atoms with Gasteiger partial charge in [0.25, 0.3) is 0 Å². The topological polar surface area (TPSA) is 63.2 Å². The van der Waals surface area contributed by atoms with Gasteiger partial charge in [-0.1, -0.05) is 13.8 Å². The van der Waals surface area contributed by atoms with E-state index < -0.39 is 29.4 Å². The summed E-state index contributed by atoms with van der Waals surface area (Å²) in [6, 6.07) is 0. The molecule has 6 heteroatoms. The van der Waals surface area contributed by atoms with Gasteiger partial charge >= 0.3 is 5.97 Å². The molecule has 26 heavy (non-hydrogen) atoms. The van der Waals surface area contributed by atoms with Gasteiger partial charge in [-0.2, -0.15) is 0 Å². The Bertz CT molecular complexity index is 585. The van der Waals surface area contributed by atoms with E-state index in [2.05, 4.69) is 13.8 Å². The summed E-state index contributed by atoms with van der Waals surface area (Å²) in [5.41, 5.74) is -1.19. The van der Waals surface area contributed by atoms with Gasteiger partial charge in [0, 0.05) is 18.3 Å².